The minimum absolute atomic E-state index is 0.281. The molecule has 0 fully saturated rings. The van der Waals surface area contributed by atoms with Gasteiger partial charge in [0.2, 0.25) is 0 Å². The van der Waals surface area contributed by atoms with E-state index in [4.69, 9.17) is 23.2 Å². The van der Waals surface area contributed by atoms with Crippen LogP contribution in [0.1, 0.15) is 5.56 Å². The van der Waals surface area contributed by atoms with Crippen molar-refractivity contribution in [2.24, 2.45) is 0 Å². The van der Waals surface area contributed by atoms with E-state index in [9.17, 15) is 4.79 Å². The zero-order valence-electron chi connectivity index (χ0n) is 7.50. The Balaban J connectivity index is 2.78. The van der Waals surface area contributed by atoms with E-state index in [0.29, 0.717) is 16.6 Å². The number of thiol groups is 1. The van der Waals surface area contributed by atoms with Crippen LogP contribution in [0.3, 0.4) is 0 Å². The van der Waals surface area contributed by atoms with E-state index in [1.165, 1.54) is 4.90 Å². The fraction of sp³-hybridized carbons (Fsp3) is 0.222. The van der Waals surface area contributed by atoms with Gasteiger partial charge in [-0.1, -0.05) is 41.9 Å². The molecule has 0 radical (unpaired) electrons. The number of carbonyl (C=O) groups is 1. The van der Waals surface area contributed by atoms with Gasteiger partial charge in [-0.2, -0.15) is 0 Å². The van der Waals surface area contributed by atoms with Crippen LogP contribution in [0.4, 0.5) is 4.79 Å². The molecule has 0 aliphatic carbocycles. The molecule has 5 heteroatoms. The highest BCUT2D eigenvalue weighted by atomic mass is 35.5. The molecule has 0 N–H and O–H groups in total. The summed E-state index contributed by atoms with van der Waals surface area (Å²) in [5.41, 5.74) is 0.921. The Morgan fingerprint density at radius 2 is 2.07 bits per heavy atom. The summed E-state index contributed by atoms with van der Waals surface area (Å²) < 4.78 is 0. The van der Waals surface area contributed by atoms with Crippen LogP contribution in [-0.2, 0) is 6.54 Å². The highest BCUT2D eigenvalue weighted by Crippen LogP contribution is 2.23. The van der Waals surface area contributed by atoms with Gasteiger partial charge >= 0.3 is 0 Å². The molecule has 1 aromatic rings. The standard InChI is InChI=1S/C9H9Cl2NOS/c1-12(9(13)14)5-6-2-3-7(10)8(11)4-6/h2-4H,5H2,1H3,(H,13,14). The number of halogens is 2. The zero-order valence-corrected chi connectivity index (χ0v) is 9.90. The monoisotopic (exact) mass is 249 g/mol. The number of benzene rings is 1. The molecule has 0 heterocycles. The lowest BCUT2D eigenvalue weighted by atomic mass is 10.2. The highest BCUT2D eigenvalue weighted by Gasteiger charge is 2.05. The van der Waals surface area contributed by atoms with Crippen LogP contribution in [0.2, 0.25) is 10.0 Å². The molecule has 1 amide bonds. The van der Waals surface area contributed by atoms with Crippen LogP contribution in [-0.4, -0.2) is 17.2 Å². The largest absolute Gasteiger partial charge is 0.333 e. The van der Waals surface area contributed by atoms with E-state index in [1.807, 2.05) is 6.07 Å². The summed E-state index contributed by atoms with van der Waals surface area (Å²) in [6.07, 6.45) is 0. The summed E-state index contributed by atoms with van der Waals surface area (Å²) in [6.45, 7) is 0.471. The maximum absolute atomic E-state index is 10.8. The molecule has 0 saturated carbocycles. The van der Waals surface area contributed by atoms with E-state index in [1.54, 1.807) is 19.2 Å². The summed E-state index contributed by atoms with van der Waals surface area (Å²) >= 11 is 15.3. The van der Waals surface area contributed by atoms with E-state index in [0.717, 1.165) is 5.56 Å². The van der Waals surface area contributed by atoms with Crippen molar-refractivity contribution in [3.63, 3.8) is 0 Å². The lowest BCUT2D eigenvalue weighted by molar-refractivity contribution is 0.232. The highest BCUT2D eigenvalue weighted by molar-refractivity contribution is 7.96. The Morgan fingerprint density at radius 1 is 1.43 bits per heavy atom. The first-order valence-electron chi connectivity index (χ1n) is 3.88. The van der Waals surface area contributed by atoms with Crippen molar-refractivity contribution < 1.29 is 4.79 Å². The summed E-state index contributed by atoms with van der Waals surface area (Å²) in [6, 6.07) is 5.26. The molecule has 1 aromatic carbocycles. The quantitative estimate of drug-likeness (QED) is 0.797. The van der Waals surface area contributed by atoms with Crippen molar-refractivity contribution in [2.45, 2.75) is 6.54 Å². The third-order valence-corrected chi connectivity index (χ3v) is 2.81. The third-order valence-electron chi connectivity index (χ3n) is 1.73. The molecule has 76 valence electrons. The third kappa shape index (κ3) is 3.08. The molecule has 0 aliphatic heterocycles. The number of carbonyl (C=O) groups excluding carboxylic acids is 1. The van der Waals surface area contributed by atoms with Crippen molar-refractivity contribution in [3.8, 4) is 0 Å². The second-order valence-electron chi connectivity index (χ2n) is 2.89. The summed E-state index contributed by atoms with van der Waals surface area (Å²) in [5, 5.41) is 0.718. The molecule has 0 bridgehead atoms. The van der Waals surface area contributed by atoms with E-state index in [-0.39, 0.29) is 5.24 Å². The van der Waals surface area contributed by atoms with Crippen LogP contribution >= 0.6 is 35.8 Å². The van der Waals surface area contributed by atoms with Gasteiger partial charge in [0.25, 0.3) is 5.24 Å². The number of nitrogens with zero attached hydrogens (tertiary/aromatic N) is 1. The lowest BCUT2D eigenvalue weighted by Gasteiger charge is -2.14. The van der Waals surface area contributed by atoms with Crippen LogP contribution in [0.5, 0.6) is 0 Å². The van der Waals surface area contributed by atoms with Crippen LogP contribution in [0.15, 0.2) is 18.2 Å². The van der Waals surface area contributed by atoms with Gasteiger partial charge in [-0.25, -0.2) is 0 Å². The Bertz CT molecular complexity index is 357. The van der Waals surface area contributed by atoms with Crippen LogP contribution < -0.4 is 0 Å². The fourth-order valence-corrected chi connectivity index (χ4v) is 1.37. The Morgan fingerprint density at radius 3 is 2.57 bits per heavy atom. The van der Waals surface area contributed by atoms with Gasteiger partial charge in [0.15, 0.2) is 0 Å². The van der Waals surface area contributed by atoms with Crippen molar-refractivity contribution in [1.29, 1.82) is 0 Å². The van der Waals surface area contributed by atoms with Gasteiger partial charge in [0.05, 0.1) is 10.0 Å². The Labute approximate surface area is 98.2 Å². The molecule has 0 saturated heterocycles. The number of hydrogen-bond acceptors (Lipinski definition) is 1. The zero-order chi connectivity index (χ0) is 10.7. The second kappa shape index (κ2) is 4.91. The molecule has 0 unspecified atom stereocenters. The van der Waals surface area contributed by atoms with Crippen LogP contribution in [0.25, 0.3) is 0 Å². The van der Waals surface area contributed by atoms with Crippen molar-refractivity contribution in [2.75, 3.05) is 7.05 Å². The lowest BCUT2D eigenvalue weighted by Crippen LogP contribution is -2.20. The topological polar surface area (TPSA) is 20.3 Å². The number of hydrogen-bond donors (Lipinski definition) is 1. The van der Waals surface area contributed by atoms with Crippen molar-refractivity contribution in [3.05, 3.63) is 33.8 Å². The van der Waals surface area contributed by atoms with Crippen LogP contribution in [0, 0.1) is 0 Å². The minimum Gasteiger partial charge on any atom is -0.333 e. The summed E-state index contributed by atoms with van der Waals surface area (Å²) in [7, 11) is 1.66. The molecule has 2 nitrogen and oxygen atoms in total. The fourth-order valence-electron chi connectivity index (χ4n) is 0.979. The molecular weight excluding hydrogens is 241 g/mol. The van der Waals surface area contributed by atoms with Gasteiger partial charge < -0.3 is 4.90 Å². The average molecular weight is 250 g/mol. The van der Waals surface area contributed by atoms with E-state index >= 15 is 0 Å². The molecule has 0 aliphatic rings. The summed E-state index contributed by atoms with van der Waals surface area (Å²) in [5.74, 6) is 0. The molecule has 0 aromatic heterocycles. The van der Waals surface area contributed by atoms with Gasteiger partial charge in [-0.3, -0.25) is 4.79 Å². The molecule has 0 atom stereocenters. The molecule has 14 heavy (non-hydrogen) atoms. The van der Waals surface area contributed by atoms with E-state index < -0.39 is 0 Å². The predicted octanol–water partition coefficient (Wildman–Crippen LogP) is 3.48. The smallest absolute Gasteiger partial charge is 0.278 e. The molecule has 1 rings (SSSR count). The second-order valence-corrected chi connectivity index (χ2v) is 4.08. The minimum atomic E-state index is -0.281. The van der Waals surface area contributed by atoms with E-state index in [2.05, 4.69) is 12.6 Å². The maximum atomic E-state index is 10.8. The first kappa shape index (κ1) is 11.7. The first-order valence-corrected chi connectivity index (χ1v) is 5.09. The van der Waals surface area contributed by atoms with Gasteiger partial charge in [-0.15, -0.1) is 0 Å². The number of rotatable bonds is 2. The predicted molar refractivity (Wildman–Crippen MR) is 62.3 cm³/mol. The number of amides is 1. The maximum Gasteiger partial charge on any atom is 0.278 e. The van der Waals surface area contributed by atoms with Crippen molar-refractivity contribution >= 4 is 41.1 Å². The molecular formula is C9H9Cl2NOS. The summed E-state index contributed by atoms with van der Waals surface area (Å²) in [4.78, 5) is 12.3. The normalized spacial score (nSPS) is 10.0. The van der Waals surface area contributed by atoms with Gasteiger partial charge in [0, 0.05) is 13.6 Å². The Kier molecular flexibility index (Phi) is 4.11. The SMILES string of the molecule is CN(Cc1ccc(Cl)c(Cl)c1)C(=O)S. The van der Waals surface area contributed by atoms with Gasteiger partial charge in [-0.05, 0) is 17.7 Å². The first-order chi connectivity index (χ1) is 6.50. The van der Waals surface area contributed by atoms with Crippen molar-refractivity contribution in [1.82, 2.24) is 4.90 Å². The molecule has 0 spiro atoms. The Hall–Kier alpha value is -0.380. The van der Waals surface area contributed by atoms with Gasteiger partial charge in [0.1, 0.15) is 0 Å². The average Bonchev–Trinajstić information content (AvgIpc) is 2.11.